The topological polar surface area (TPSA) is 105 Å². The van der Waals surface area contributed by atoms with Crippen molar-refractivity contribution in [1.29, 1.82) is 0 Å². The van der Waals surface area contributed by atoms with E-state index < -0.39 is 12.2 Å². The maximum atomic E-state index is 12.9. The van der Waals surface area contributed by atoms with Gasteiger partial charge in [-0.05, 0) is 49.4 Å². The van der Waals surface area contributed by atoms with Gasteiger partial charge >= 0.3 is 0 Å². The van der Waals surface area contributed by atoms with Crippen molar-refractivity contribution >= 4 is 5.91 Å². The maximum Gasteiger partial charge on any atom is 0.223 e. The first-order valence-electron chi connectivity index (χ1n) is 10.9. The Labute approximate surface area is 167 Å². The van der Waals surface area contributed by atoms with Gasteiger partial charge in [0.25, 0.3) is 0 Å². The molecule has 28 heavy (non-hydrogen) atoms. The summed E-state index contributed by atoms with van der Waals surface area (Å²) in [5.74, 6) is 0.332. The molecule has 4 N–H and O–H groups in total. The number of carbonyl (C=O) groups excluding carboxylic acids is 1. The second kappa shape index (κ2) is 7.51. The minimum atomic E-state index is -0.458. The molecule has 2 aliphatic carbocycles. The monoisotopic (exact) mass is 396 g/mol. The van der Waals surface area contributed by atoms with Crippen LogP contribution < -0.4 is 5.73 Å². The van der Waals surface area contributed by atoms with Crippen molar-refractivity contribution in [2.24, 2.45) is 28.4 Å². The van der Waals surface area contributed by atoms with E-state index in [0.29, 0.717) is 51.4 Å². The number of fused-ring (bicyclic) bond motifs is 3. The first-order chi connectivity index (χ1) is 13.3. The lowest BCUT2D eigenvalue weighted by molar-refractivity contribution is -0.305. The van der Waals surface area contributed by atoms with Crippen molar-refractivity contribution in [1.82, 2.24) is 4.90 Å². The fourth-order valence-electron chi connectivity index (χ4n) is 6.70. The predicted octanol–water partition coefficient (Wildman–Crippen LogP) is 0.863. The van der Waals surface area contributed by atoms with Gasteiger partial charge in [0.1, 0.15) is 0 Å². The fraction of sp³-hybridized carbons (Fsp3) is 0.952. The van der Waals surface area contributed by atoms with E-state index in [4.69, 9.17) is 15.2 Å². The average molecular weight is 397 g/mol. The van der Waals surface area contributed by atoms with Crippen LogP contribution in [-0.4, -0.2) is 71.9 Å². The quantitative estimate of drug-likeness (QED) is 0.654. The molecule has 8 unspecified atom stereocenters. The molecule has 0 aromatic carbocycles. The minimum Gasteiger partial charge on any atom is -0.393 e. The number of nitrogens with zero attached hydrogens (tertiary/aromatic N) is 1. The molecule has 4 fully saturated rings. The van der Waals surface area contributed by atoms with E-state index in [-0.39, 0.29) is 35.0 Å². The van der Waals surface area contributed by atoms with Gasteiger partial charge in [-0.1, -0.05) is 13.8 Å². The molecule has 0 bridgehead atoms. The molecule has 0 aromatic rings. The standard InChI is InChI=1S/C21H36N2O5/c1-20-7-5-17-21(2,12-27-19(10-22)28-17)16(20)4-3-15(25)14(20)9-18(26)23-8-6-13(24)11-23/h13-17,19,24-25H,3-12,22H2,1-2H3. The van der Waals surface area contributed by atoms with Gasteiger partial charge in [-0.2, -0.15) is 0 Å². The summed E-state index contributed by atoms with van der Waals surface area (Å²) < 4.78 is 12.1. The molecule has 1 amide bonds. The van der Waals surface area contributed by atoms with Gasteiger partial charge in [0, 0.05) is 31.5 Å². The van der Waals surface area contributed by atoms with Crippen molar-refractivity contribution in [2.45, 2.75) is 77.0 Å². The van der Waals surface area contributed by atoms with Crippen molar-refractivity contribution in [3.8, 4) is 0 Å². The van der Waals surface area contributed by atoms with Crippen LogP contribution in [0.5, 0.6) is 0 Å². The van der Waals surface area contributed by atoms with Crippen LogP contribution in [0.15, 0.2) is 0 Å². The zero-order valence-electron chi connectivity index (χ0n) is 17.2. The van der Waals surface area contributed by atoms with Gasteiger partial charge in [0.05, 0.1) is 24.9 Å². The molecule has 160 valence electrons. The molecule has 7 heteroatoms. The molecule has 8 atom stereocenters. The van der Waals surface area contributed by atoms with Crippen molar-refractivity contribution in [3.05, 3.63) is 0 Å². The summed E-state index contributed by atoms with van der Waals surface area (Å²) in [6, 6.07) is 0. The highest BCUT2D eigenvalue weighted by Crippen LogP contribution is 2.62. The highest BCUT2D eigenvalue weighted by Gasteiger charge is 2.61. The van der Waals surface area contributed by atoms with Crippen LogP contribution in [0.2, 0.25) is 0 Å². The Hall–Kier alpha value is -0.730. The molecular formula is C21H36N2O5. The summed E-state index contributed by atoms with van der Waals surface area (Å²) in [4.78, 5) is 14.7. The van der Waals surface area contributed by atoms with Crippen LogP contribution in [0, 0.1) is 22.7 Å². The Kier molecular flexibility index (Phi) is 5.51. The summed E-state index contributed by atoms with van der Waals surface area (Å²) in [5.41, 5.74) is 5.50. The molecule has 2 saturated carbocycles. The van der Waals surface area contributed by atoms with Gasteiger partial charge in [0.15, 0.2) is 6.29 Å². The van der Waals surface area contributed by atoms with Gasteiger partial charge in [-0.15, -0.1) is 0 Å². The first-order valence-corrected chi connectivity index (χ1v) is 10.9. The lowest BCUT2D eigenvalue weighted by Crippen LogP contribution is -2.63. The number of β-amino-alcohol motifs (C(OH)–C–C–N with tert-alkyl or cyclic N) is 1. The van der Waals surface area contributed by atoms with Gasteiger partial charge in [-0.3, -0.25) is 4.79 Å². The molecule has 0 aromatic heterocycles. The fourth-order valence-corrected chi connectivity index (χ4v) is 6.70. The summed E-state index contributed by atoms with van der Waals surface area (Å²) in [5, 5.41) is 20.6. The Bertz CT molecular complexity index is 603. The summed E-state index contributed by atoms with van der Waals surface area (Å²) in [6.45, 7) is 6.53. The molecule has 4 rings (SSSR count). The Morgan fingerprint density at radius 2 is 1.96 bits per heavy atom. The Morgan fingerprint density at radius 1 is 1.18 bits per heavy atom. The van der Waals surface area contributed by atoms with Crippen molar-refractivity contribution < 1.29 is 24.5 Å². The number of rotatable bonds is 3. The van der Waals surface area contributed by atoms with Gasteiger partial charge < -0.3 is 30.3 Å². The molecule has 7 nitrogen and oxygen atoms in total. The van der Waals surface area contributed by atoms with Crippen molar-refractivity contribution in [3.63, 3.8) is 0 Å². The highest BCUT2D eigenvalue weighted by molar-refractivity contribution is 5.77. The number of aliphatic hydroxyl groups is 2. The number of aliphatic hydroxyl groups excluding tert-OH is 2. The SMILES string of the molecule is CC12COC(CN)OC1CCC1(C)C(CC(=O)N3CCC(O)C3)C(O)CCC21. The second-order valence-corrected chi connectivity index (χ2v) is 9.94. The molecule has 0 spiro atoms. The molecule has 2 heterocycles. The Balaban J connectivity index is 1.54. The third kappa shape index (κ3) is 3.29. The Morgan fingerprint density at radius 3 is 2.64 bits per heavy atom. The number of hydrogen-bond donors (Lipinski definition) is 3. The molecule has 2 saturated heterocycles. The number of hydrogen-bond acceptors (Lipinski definition) is 6. The zero-order chi connectivity index (χ0) is 20.1. The van der Waals surface area contributed by atoms with Crippen LogP contribution in [0.3, 0.4) is 0 Å². The summed E-state index contributed by atoms with van der Waals surface area (Å²) in [6.07, 6.45) is 3.41. The van der Waals surface area contributed by atoms with Crippen molar-refractivity contribution in [2.75, 3.05) is 26.2 Å². The number of amides is 1. The summed E-state index contributed by atoms with van der Waals surface area (Å²) >= 11 is 0. The van der Waals surface area contributed by atoms with E-state index in [2.05, 4.69) is 13.8 Å². The lowest BCUT2D eigenvalue weighted by Gasteiger charge is -2.63. The number of nitrogens with two attached hydrogens (primary N) is 1. The van der Waals surface area contributed by atoms with Crippen LogP contribution >= 0.6 is 0 Å². The average Bonchev–Trinajstić information content (AvgIpc) is 3.10. The third-order valence-electron chi connectivity index (χ3n) is 8.33. The molecule has 4 aliphatic rings. The van der Waals surface area contributed by atoms with Crippen LogP contribution in [0.4, 0.5) is 0 Å². The van der Waals surface area contributed by atoms with E-state index in [9.17, 15) is 15.0 Å². The van der Waals surface area contributed by atoms with Gasteiger partial charge in [-0.25, -0.2) is 0 Å². The number of likely N-dealkylation sites (tertiary alicyclic amines) is 1. The van der Waals surface area contributed by atoms with E-state index in [0.717, 1.165) is 19.3 Å². The zero-order valence-corrected chi connectivity index (χ0v) is 17.2. The number of carbonyl (C=O) groups is 1. The normalized spacial score (nSPS) is 48.8. The smallest absolute Gasteiger partial charge is 0.223 e. The first kappa shape index (κ1) is 20.5. The predicted molar refractivity (Wildman–Crippen MR) is 103 cm³/mol. The van der Waals surface area contributed by atoms with Crippen LogP contribution in [0.1, 0.15) is 52.4 Å². The second-order valence-electron chi connectivity index (χ2n) is 9.94. The van der Waals surface area contributed by atoms with E-state index in [1.54, 1.807) is 4.90 Å². The number of ether oxygens (including phenoxy) is 2. The van der Waals surface area contributed by atoms with E-state index >= 15 is 0 Å². The molecule has 0 radical (unpaired) electrons. The minimum absolute atomic E-state index is 0.0640. The highest BCUT2D eigenvalue weighted by atomic mass is 16.7. The van der Waals surface area contributed by atoms with E-state index in [1.165, 1.54) is 0 Å². The van der Waals surface area contributed by atoms with E-state index in [1.807, 2.05) is 0 Å². The lowest BCUT2D eigenvalue weighted by atomic mass is 9.46. The largest absolute Gasteiger partial charge is 0.393 e. The van der Waals surface area contributed by atoms with Crippen LogP contribution in [0.25, 0.3) is 0 Å². The van der Waals surface area contributed by atoms with Gasteiger partial charge in [0.2, 0.25) is 5.91 Å². The third-order valence-corrected chi connectivity index (χ3v) is 8.33. The summed E-state index contributed by atoms with van der Waals surface area (Å²) in [7, 11) is 0. The van der Waals surface area contributed by atoms with Crippen LogP contribution in [-0.2, 0) is 14.3 Å². The molecule has 2 aliphatic heterocycles. The molecular weight excluding hydrogens is 360 g/mol. The maximum absolute atomic E-state index is 12.9.